The number of carbonyl (C=O) groups is 1. The van der Waals surface area contributed by atoms with Crippen LogP contribution in [-0.2, 0) is 0 Å². The molecule has 0 radical (unpaired) electrons. The van der Waals surface area contributed by atoms with E-state index in [2.05, 4.69) is 32.7 Å². The molecule has 0 fully saturated rings. The van der Waals surface area contributed by atoms with Crippen molar-refractivity contribution < 1.29 is 4.79 Å². The Morgan fingerprint density at radius 2 is 1.56 bits per heavy atom. The molecule has 0 bridgehead atoms. The molecular weight excluding hydrogens is 226 g/mol. The molecule has 0 unspecified atom stereocenters. The average Bonchev–Trinajstić information content (AvgIpc) is 2.34. The molecule has 1 aliphatic rings. The summed E-state index contributed by atoms with van der Waals surface area (Å²) in [5, 5.41) is 0. The maximum atomic E-state index is 12.1. The van der Waals surface area contributed by atoms with Gasteiger partial charge in [0.2, 0.25) is 0 Å². The summed E-state index contributed by atoms with van der Waals surface area (Å²) in [7, 11) is 0. The zero-order valence-corrected chi connectivity index (χ0v) is 12.5. The van der Waals surface area contributed by atoms with Gasteiger partial charge in [0.15, 0.2) is 0 Å². The summed E-state index contributed by atoms with van der Waals surface area (Å²) in [5.74, 6) is 1.46. The topological polar surface area (TPSA) is 58.7 Å². The number of nitrogens with zero attached hydrogens (tertiary/aromatic N) is 2. The fourth-order valence-corrected chi connectivity index (χ4v) is 3.12. The lowest BCUT2D eigenvalue weighted by molar-refractivity contribution is 0.116. The van der Waals surface area contributed by atoms with E-state index in [4.69, 9.17) is 5.73 Å². The van der Waals surface area contributed by atoms with Crippen LogP contribution in [0.2, 0.25) is 0 Å². The molecule has 18 heavy (non-hydrogen) atoms. The van der Waals surface area contributed by atoms with E-state index in [0.717, 1.165) is 12.8 Å². The molecule has 2 N–H and O–H groups in total. The summed E-state index contributed by atoms with van der Waals surface area (Å²) >= 11 is 0. The molecule has 0 aromatic carbocycles. The van der Waals surface area contributed by atoms with E-state index in [1.54, 1.807) is 0 Å². The molecule has 0 aromatic rings. The fraction of sp³-hybridized carbons (Fsp3) is 0.857. The number of amidine groups is 1. The minimum atomic E-state index is -0.381. The van der Waals surface area contributed by atoms with Gasteiger partial charge in [-0.1, -0.05) is 27.7 Å². The lowest BCUT2D eigenvalue weighted by atomic mass is 9.79. The average molecular weight is 253 g/mol. The molecular formula is C14H27N3O. The van der Waals surface area contributed by atoms with Gasteiger partial charge < -0.3 is 10.6 Å². The lowest BCUT2D eigenvalue weighted by Gasteiger charge is -2.42. The number of amides is 2. The Bertz CT molecular complexity index is 335. The van der Waals surface area contributed by atoms with Crippen molar-refractivity contribution in [1.29, 1.82) is 0 Å². The number of hydrogen-bond acceptors (Lipinski definition) is 2. The van der Waals surface area contributed by atoms with Crippen molar-refractivity contribution in [1.82, 2.24) is 4.90 Å². The molecule has 1 aliphatic heterocycles. The van der Waals surface area contributed by atoms with Crippen LogP contribution in [0.5, 0.6) is 0 Å². The Labute approximate surface area is 111 Å². The Hall–Kier alpha value is -1.06. The molecule has 0 saturated carbocycles. The largest absolute Gasteiger partial charge is 0.385 e. The van der Waals surface area contributed by atoms with Gasteiger partial charge >= 0.3 is 6.03 Å². The van der Waals surface area contributed by atoms with E-state index in [0.29, 0.717) is 17.7 Å². The molecule has 0 aliphatic carbocycles. The van der Waals surface area contributed by atoms with E-state index in [1.165, 1.54) is 0 Å². The second kappa shape index (κ2) is 5.29. The predicted molar refractivity (Wildman–Crippen MR) is 75.6 cm³/mol. The molecule has 0 saturated heterocycles. The van der Waals surface area contributed by atoms with Gasteiger partial charge in [0.1, 0.15) is 11.4 Å². The third-order valence-corrected chi connectivity index (χ3v) is 3.37. The Morgan fingerprint density at radius 3 is 1.89 bits per heavy atom. The van der Waals surface area contributed by atoms with Gasteiger partial charge in [-0.05, 0) is 38.5 Å². The minimum absolute atomic E-state index is 0.125. The second-order valence-electron chi connectivity index (χ2n) is 6.47. The van der Waals surface area contributed by atoms with Crippen LogP contribution in [0, 0.1) is 11.8 Å². The summed E-state index contributed by atoms with van der Waals surface area (Å²) in [6.45, 7) is 12.7. The SMILES string of the molecule is CC(C)CC1(CC(C)C)C(N)=NC(=O)N1C(C)C. The third kappa shape index (κ3) is 2.68. The molecule has 2 amide bonds. The highest BCUT2D eigenvalue weighted by Gasteiger charge is 2.49. The van der Waals surface area contributed by atoms with Gasteiger partial charge in [-0.15, -0.1) is 0 Å². The van der Waals surface area contributed by atoms with Gasteiger partial charge in [0.25, 0.3) is 0 Å². The summed E-state index contributed by atoms with van der Waals surface area (Å²) < 4.78 is 0. The molecule has 0 spiro atoms. The highest BCUT2D eigenvalue weighted by molar-refractivity contribution is 6.06. The molecule has 0 atom stereocenters. The first-order valence-corrected chi connectivity index (χ1v) is 6.88. The Morgan fingerprint density at radius 1 is 1.11 bits per heavy atom. The van der Waals surface area contributed by atoms with Crippen LogP contribution in [0.3, 0.4) is 0 Å². The van der Waals surface area contributed by atoms with Crippen molar-refractivity contribution >= 4 is 11.9 Å². The smallest absolute Gasteiger partial charge is 0.346 e. The lowest BCUT2D eigenvalue weighted by Crippen LogP contribution is -2.58. The van der Waals surface area contributed by atoms with Crippen LogP contribution < -0.4 is 5.73 Å². The zero-order valence-electron chi connectivity index (χ0n) is 12.5. The van der Waals surface area contributed by atoms with Crippen LogP contribution in [0.25, 0.3) is 0 Å². The number of carbonyl (C=O) groups excluding carboxylic acids is 1. The van der Waals surface area contributed by atoms with Gasteiger partial charge in [0, 0.05) is 6.04 Å². The fourth-order valence-electron chi connectivity index (χ4n) is 3.12. The molecule has 1 rings (SSSR count). The minimum Gasteiger partial charge on any atom is -0.385 e. The number of nitrogens with two attached hydrogens (primary N) is 1. The van der Waals surface area contributed by atoms with Crippen LogP contribution in [-0.4, -0.2) is 28.3 Å². The van der Waals surface area contributed by atoms with E-state index in [-0.39, 0.29) is 17.6 Å². The standard InChI is InChI=1S/C14H27N3O/c1-9(2)7-14(8-10(3)4)12(15)16-13(18)17(14)11(5)6/h9-11H,7-8H2,1-6H3,(H2,15,16,18). The van der Waals surface area contributed by atoms with Crippen molar-refractivity contribution in [2.75, 3.05) is 0 Å². The third-order valence-electron chi connectivity index (χ3n) is 3.37. The number of urea groups is 1. The summed E-state index contributed by atoms with van der Waals surface area (Å²) in [6.07, 6.45) is 1.76. The van der Waals surface area contributed by atoms with Gasteiger partial charge in [-0.2, -0.15) is 4.99 Å². The van der Waals surface area contributed by atoms with Crippen molar-refractivity contribution in [2.24, 2.45) is 22.6 Å². The normalized spacial score (nSPS) is 19.3. The highest BCUT2D eigenvalue weighted by Crippen LogP contribution is 2.37. The van der Waals surface area contributed by atoms with E-state index in [1.807, 2.05) is 18.7 Å². The number of rotatable bonds is 5. The predicted octanol–water partition coefficient (Wildman–Crippen LogP) is 3.02. The zero-order chi connectivity index (χ0) is 14.1. The quantitative estimate of drug-likeness (QED) is 0.818. The highest BCUT2D eigenvalue weighted by atomic mass is 16.2. The first-order valence-electron chi connectivity index (χ1n) is 6.88. The van der Waals surface area contributed by atoms with Crippen molar-refractivity contribution in [2.45, 2.75) is 66.0 Å². The van der Waals surface area contributed by atoms with E-state index < -0.39 is 0 Å². The van der Waals surface area contributed by atoms with Crippen LogP contribution in [0.1, 0.15) is 54.4 Å². The first-order chi connectivity index (χ1) is 8.20. The van der Waals surface area contributed by atoms with Gasteiger partial charge in [0.05, 0.1) is 0 Å². The summed E-state index contributed by atoms with van der Waals surface area (Å²) in [5.41, 5.74) is 5.74. The maximum absolute atomic E-state index is 12.1. The van der Waals surface area contributed by atoms with Crippen LogP contribution in [0.4, 0.5) is 4.79 Å². The van der Waals surface area contributed by atoms with Gasteiger partial charge in [-0.25, -0.2) is 4.79 Å². The van der Waals surface area contributed by atoms with Crippen molar-refractivity contribution in [3.8, 4) is 0 Å². The van der Waals surface area contributed by atoms with Gasteiger partial charge in [-0.3, -0.25) is 0 Å². The van der Waals surface area contributed by atoms with Crippen molar-refractivity contribution in [3.63, 3.8) is 0 Å². The molecule has 104 valence electrons. The Balaban J connectivity index is 3.19. The van der Waals surface area contributed by atoms with Crippen LogP contribution in [0.15, 0.2) is 4.99 Å². The van der Waals surface area contributed by atoms with Crippen molar-refractivity contribution in [3.05, 3.63) is 0 Å². The van der Waals surface area contributed by atoms with E-state index in [9.17, 15) is 4.79 Å². The van der Waals surface area contributed by atoms with E-state index >= 15 is 0 Å². The molecule has 1 heterocycles. The van der Waals surface area contributed by atoms with Crippen LogP contribution >= 0.6 is 0 Å². The maximum Gasteiger partial charge on any atom is 0.346 e. The number of aliphatic imine (C=N–C) groups is 1. The summed E-state index contributed by atoms with van der Waals surface area (Å²) in [4.78, 5) is 18.0. The number of hydrogen-bond donors (Lipinski definition) is 1. The summed E-state index contributed by atoms with van der Waals surface area (Å²) in [6, 6.07) is -0.0522. The second-order valence-corrected chi connectivity index (χ2v) is 6.47. The Kier molecular flexibility index (Phi) is 4.41. The first kappa shape index (κ1) is 15.0. The molecule has 0 aromatic heterocycles. The monoisotopic (exact) mass is 253 g/mol. The molecule has 4 heteroatoms. The molecule has 4 nitrogen and oxygen atoms in total.